The molecule has 3 aromatic rings. The third-order valence-electron chi connectivity index (χ3n) is 4.34. The van der Waals surface area contributed by atoms with Crippen molar-refractivity contribution in [3.05, 3.63) is 71.7 Å². The van der Waals surface area contributed by atoms with Gasteiger partial charge in [-0.2, -0.15) is 0 Å². The van der Waals surface area contributed by atoms with Crippen LogP contribution >= 0.6 is 0 Å². The Morgan fingerprint density at radius 3 is 2.83 bits per heavy atom. The summed E-state index contributed by atoms with van der Waals surface area (Å²) in [4.78, 5) is 4.60. The van der Waals surface area contributed by atoms with Crippen LogP contribution in [0.2, 0.25) is 0 Å². The SMILES string of the molecule is CC1(c2cccc(CNCc3cn4ccccc4n3)c2)OCCO1. The van der Waals surface area contributed by atoms with Crippen LogP contribution in [0.25, 0.3) is 5.65 Å². The third kappa shape index (κ3) is 3.06. The number of ether oxygens (including phenoxy) is 2. The Balaban J connectivity index is 1.40. The fraction of sp³-hybridized carbons (Fsp3) is 0.316. The monoisotopic (exact) mass is 323 g/mol. The summed E-state index contributed by atoms with van der Waals surface area (Å²) < 4.78 is 13.5. The van der Waals surface area contributed by atoms with Crippen molar-refractivity contribution in [3.63, 3.8) is 0 Å². The number of fused-ring (bicyclic) bond motifs is 1. The maximum absolute atomic E-state index is 5.73. The molecule has 2 aromatic heterocycles. The van der Waals surface area contributed by atoms with Gasteiger partial charge < -0.3 is 19.2 Å². The number of imidazole rings is 1. The molecule has 0 amide bonds. The largest absolute Gasteiger partial charge is 0.344 e. The molecule has 0 radical (unpaired) electrons. The lowest BCUT2D eigenvalue weighted by molar-refractivity contribution is -0.149. The smallest absolute Gasteiger partial charge is 0.192 e. The van der Waals surface area contributed by atoms with Gasteiger partial charge in [0.2, 0.25) is 0 Å². The van der Waals surface area contributed by atoms with Crippen LogP contribution in [-0.4, -0.2) is 22.6 Å². The Labute approximate surface area is 141 Å². The molecule has 0 unspecified atom stereocenters. The highest BCUT2D eigenvalue weighted by Gasteiger charge is 2.32. The highest BCUT2D eigenvalue weighted by molar-refractivity contribution is 5.39. The van der Waals surface area contributed by atoms with Crippen LogP contribution in [0.1, 0.15) is 23.7 Å². The second-order valence-electron chi connectivity index (χ2n) is 6.14. The predicted octanol–water partition coefficient (Wildman–Crippen LogP) is 2.84. The Hall–Kier alpha value is -2.21. The van der Waals surface area contributed by atoms with Gasteiger partial charge >= 0.3 is 0 Å². The summed E-state index contributed by atoms with van der Waals surface area (Å²) in [6.45, 7) is 4.77. The number of pyridine rings is 1. The Morgan fingerprint density at radius 1 is 1.12 bits per heavy atom. The molecule has 0 atom stereocenters. The zero-order chi connectivity index (χ0) is 16.4. The Kier molecular flexibility index (Phi) is 4.06. The van der Waals surface area contributed by atoms with Gasteiger partial charge in [0.25, 0.3) is 0 Å². The normalized spacial score (nSPS) is 16.7. The second kappa shape index (κ2) is 6.36. The standard InChI is InChI=1S/C19H21N3O2/c1-19(23-9-10-24-19)16-6-4-5-15(11-16)12-20-13-17-14-22-8-3-2-7-18(22)21-17/h2-8,11,14,20H,9-10,12-13H2,1H3. The van der Waals surface area contributed by atoms with Crippen molar-refractivity contribution in [2.24, 2.45) is 0 Å². The topological polar surface area (TPSA) is 47.8 Å². The molecular formula is C19H21N3O2. The van der Waals surface area contributed by atoms with E-state index in [0.717, 1.165) is 30.0 Å². The van der Waals surface area contributed by atoms with Crippen LogP contribution in [0, 0.1) is 0 Å². The maximum Gasteiger partial charge on any atom is 0.192 e. The number of benzene rings is 1. The van der Waals surface area contributed by atoms with Gasteiger partial charge in [0.15, 0.2) is 5.79 Å². The van der Waals surface area contributed by atoms with Crippen LogP contribution < -0.4 is 5.32 Å². The summed E-state index contributed by atoms with van der Waals surface area (Å²) >= 11 is 0. The molecule has 0 bridgehead atoms. The molecule has 5 nitrogen and oxygen atoms in total. The fourth-order valence-electron chi connectivity index (χ4n) is 3.05. The van der Waals surface area contributed by atoms with Crippen LogP contribution in [0.4, 0.5) is 0 Å². The van der Waals surface area contributed by atoms with Crippen molar-refractivity contribution in [2.75, 3.05) is 13.2 Å². The zero-order valence-corrected chi connectivity index (χ0v) is 13.7. The summed E-state index contributed by atoms with van der Waals surface area (Å²) in [5, 5.41) is 3.45. The molecule has 1 saturated heterocycles. The van der Waals surface area contributed by atoms with Gasteiger partial charge in [-0.1, -0.05) is 24.3 Å². The van der Waals surface area contributed by atoms with Gasteiger partial charge in [0, 0.05) is 31.0 Å². The molecule has 3 heterocycles. The zero-order valence-electron chi connectivity index (χ0n) is 13.7. The van der Waals surface area contributed by atoms with Crippen molar-refractivity contribution in [2.45, 2.75) is 25.8 Å². The molecule has 0 saturated carbocycles. The number of aromatic nitrogens is 2. The molecule has 4 rings (SSSR count). The van der Waals surface area contributed by atoms with E-state index in [9.17, 15) is 0 Å². The summed E-state index contributed by atoms with van der Waals surface area (Å²) in [7, 11) is 0. The Bertz CT molecular complexity index is 804. The molecule has 5 heteroatoms. The van der Waals surface area contributed by atoms with E-state index in [2.05, 4.69) is 34.7 Å². The first-order valence-corrected chi connectivity index (χ1v) is 8.24. The third-order valence-corrected chi connectivity index (χ3v) is 4.34. The van der Waals surface area contributed by atoms with Gasteiger partial charge in [-0.25, -0.2) is 4.98 Å². The molecule has 0 spiro atoms. The van der Waals surface area contributed by atoms with E-state index < -0.39 is 5.79 Å². The van der Waals surface area contributed by atoms with Gasteiger partial charge in [-0.05, 0) is 30.7 Å². The second-order valence-corrected chi connectivity index (χ2v) is 6.14. The molecular weight excluding hydrogens is 302 g/mol. The van der Waals surface area contributed by atoms with E-state index in [1.54, 1.807) is 0 Å². The van der Waals surface area contributed by atoms with Crippen molar-refractivity contribution in [1.29, 1.82) is 0 Å². The highest BCUT2D eigenvalue weighted by atomic mass is 16.7. The lowest BCUT2D eigenvalue weighted by atomic mass is 10.0. The summed E-state index contributed by atoms with van der Waals surface area (Å²) in [5.41, 5.74) is 4.27. The van der Waals surface area contributed by atoms with E-state index in [1.165, 1.54) is 5.56 Å². The van der Waals surface area contributed by atoms with Crippen molar-refractivity contribution in [3.8, 4) is 0 Å². The van der Waals surface area contributed by atoms with Crippen LogP contribution in [-0.2, 0) is 28.4 Å². The maximum atomic E-state index is 5.73. The average molecular weight is 323 g/mol. The van der Waals surface area contributed by atoms with Gasteiger partial charge in [-0.15, -0.1) is 0 Å². The number of rotatable bonds is 5. The highest BCUT2D eigenvalue weighted by Crippen LogP contribution is 2.31. The number of hydrogen-bond donors (Lipinski definition) is 1. The van der Waals surface area contributed by atoms with Gasteiger partial charge in [-0.3, -0.25) is 0 Å². The number of nitrogens with one attached hydrogen (secondary N) is 1. The molecule has 24 heavy (non-hydrogen) atoms. The molecule has 1 aliphatic rings. The first-order valence-electron chi connectivity index (χ1n) is 8.24. The van der Waals surface area contributed by atoms with Crippen LogP contribution in [0.3, 0.4) is 0 Å². The van der Waals surface area contributed by atoms with Crippen molar-refractivity contribution in [1.82, 2.24) is 14.7 Å². The lowest BCUT2D eigenvalue weighted by Crippen LogP contribution is -2.23. The molecule has 124 valence electrons. The predicted molar refractivity (Wildman–Crippen MR) is 91.4 cm³/mol. The first kappa shape index (κ1) is 15.3. The van der Waals surface area contributed by atoms with E-state index in [4.69, 9.17) is 9.47 Å². The summed E-state index contributed by atoms with van der Waals surface area (Å²) in [6.07, 6.45) is 4.07. The lowest BCUT2D eigenvalue weighted by Gasteiger charge is -2.23. The molecule has 1 fully saturated rings. The molecule has 0 aliphatic carbocycles. The fourth-order valence-corrected chi connectivity index (χ4v) is 3.05. The van der Waals surface area contributed by atoms with E-state index in [0.29, 0.717) is 13.2 Å². The van der Waals surface area contributed by atoms with E-state index >= 15 is 0 Å². The minimum Gasteiger partial charge on any atom is -0.344 e. The van der Waals surface area contributed by atoms with Crippen LogP contribution in [0.5, 0.6) is 0 Å². The van der Waals surface area contributed by atoms with Crippen molar-refractivity contribution >= 4 is 5.65 Å². The molecule has 1 aromatic carbocycles. The Morgan fingerprint density at radius 2 is 2.00 bits per heavy atom. The van der Waals surface area contributed by atoms with Crippen LogP contribution in [0.15, 0.2) is 54.9 Å². The summed E-state index contributed by atoms with van der Waals surface area (Å²) in [5.74, 6) is -0.613. The minimum absolute atomic E-state index is 0.613. The van der Waals surface area contributed by atoms with Gasteiger partial charge in [0.1, 0.15) is 5.65 Å². The average Bonchev–Trinajstić information content (AvgIpc) is 3.22. The molecule has 1 aliphatic heterocycles. The summed E-state index contributed by atoms with van der Waals surface area (Å²) in [6, 6.07) is 14.4. The quantitative estimate of drug-likeness (QED) is 0.784. The molecule has 1 N–H and O–H groups in total. The number of nitrogens with zero attached hydrogens (tertiary/aromatic N) is 2. The minimum atomic E-state index is -0.613. The first-order chi connectivity index (χ1) is 11.7. The van der Waals surface area contributed by atoms with Crippen molar-refractivity contribution < 1.29 is 9.47 Å². The van der Waals surface area contributed by atoms with Gasteiger partial charge in [0.05, 0.1) is 18.9 Å². The number of hydrogen-bond acceptors (Lipinski definition) is 4. The van der Waals surface area contributed by atoms with E-state index in [1.807, 2.05) is 41.8 Å². The van der Waals surface area contributed by atoms with E-state index in [-0.39, 0.29) is 0 Å².